The van der Waals surface area contributed by atoms with Gasteiger partial charge in [-0.05, 0) is 23.3 Å². The predicted molar refractivity (Wildman–Crippen MR) is 76.0 cm³/mol. The molecule has 0 N–H and O–H groups in total. The number of benzene rings is 2. The lowest BCUT2D eigenvalue weighted by Gasteiger charge is -1.91. The predicted octanol–water partition coefficient (Wildman–Crippen LogP) is 3.98. The molecule has 2 rings (SSSR count). The van der Waals surface area contributed by atoms with Crippen molar-refractivity contribution in [2.45, 2.75) is 0 Å². The standard InChI is InChI=1S/C17H14O/c18-17(13-11-15-7-3-1-4-8-15)14-12-16-9-5-2-6-10-16/h1-14H/b13-11-,14-12+. The Kier molecular flexibility index (Phi) is 4.26. The summed E-state index contributed by atoms with van der Waals surface area (Å²) in [5, 5.41) is 0. The van der Waals surface area contributed by atoms with E-state index in [1.54, 1.807) is 12.2 Å². The number of carbonyl (C=O) groups excluding carboxylic acids is 1. The molecule has 0 bridgehead atoms. The second-order valence-electron chi connectivity index (χ2n) is 3.89. The van der Waals surface area contributed by atoms with Crippen molar-refractivity contribution in [2.24, 2.45) is 0 Å². The average Bonchev–Trinajstić information content (AvgIpc) is 2.45. The maximum absolute atomic E-state index is 11.6. The van der Waals surface area contributed by atoms with Gasteiger partial charge >= 0.3 is 0 Å². The van der Waals surface area contributed by atoms with Crippen molar-refractivity contribution in [1.29, 1.82) is 0 Å². The quantitative estimate of drug-likeness (QED) is 0.731. The zero-order chi connectivity index (χ0) is 12.6. The monoisotopic (exact) mass is 234 g/mol. The first-order valence-electron chi connectivity index (χ1n) is 5.85. The van der Waals surface area contributed by atoms with Crippen LogP contribution in [0.25, 0.3) is 12.2 Å². The van der Waals surface area contributed by atoms with E-state index in [0.29, 0.717) is 0 Å². The first-order chi connectivity index (χ1) is 8.84. The first kappa shape index (κ1) is 12.1. The lowest BCUT2D eigenvalue weighted by Crippen LogP contribution is -1.84. The summed E-state index contributed by atoms with van der Waals surface area (Å²) >= 11 is 0. The number of rotatable bonds is 4. The van der Waals surface area contributed by atoms with Crippen LogP contribution in [-0.2, 0) is 4.79 Å². The fourth-order valence-corrected chi connectivity index (χ4v) is 1.54. The van der Waals surface area contributed by atoms with Crippen LogP contribution in [0.1, 0.15) is 11.1 Å². The highest BCUT2D eigenvalue weighted by atomic mass is 16.1. The fourth-order valence-electron chi connectivity index (χ4n) is 1.54. The molecule has 0 amide bonds. The van der Waals surface area contributed by atoms with Crippen LogP contribution in [0, 0.1) is 0 Å². The van der Waals surface area contributed by atoms with E-state index in [4.69, 9.17) is 0 Å². The van der Waals surface area contributed by atoms with Gasteiger partial charge in [0.1, 0.15) is 0 Å². The molecule has 0 fully saturated rings. The third kappa shape index (κ3) is 3.87. The molecule has 18 heavy (non-hydrogen) atoms. The van der Waals surface area contributed by atoms with Gasteiger partial charge in [0.15, 0.2) is 5.78 Å². The molecule has 2 aromatic carbocycles. The molecule has 0 aliphatic carbocycles. The van der Waals surface area contributed by atoms with Gasteiger partial charge < -0.3 is 0 Å². The third-order valence-corrected chi connectivity index (χ3v) is 2.48. The van der Waals surface area contributed by atoms with Crippen LogP contribution in [0.5, 0.6) is 0 Å². The molecule has 2 aromatic rings. The SMILES string of the molecule is O=C(/C=C\c1ccccc1)/C=C/c1ccccc1. The normalized spacial score (nSPS) is 11.1. The highest BCUT2D eigenvalue weighted by Crippen LogP contribution is 2.03. The second kappa shape index (κ2) is 6.36. The molecule has 0 aromatic heterocycles. The first-order valence-corrected chi connectivity index (χ1v) is 5.85. The number of carbonyl (C=O) groups is 1. The van der Waals surface area contributed by atoms with Gasteiger partial charge in [0, 0.05) is 0 Å². The molecule has 0 aliphatic rings. The Morgan fingerprint density at radius 3 is 1.44 bits per heavy atom. The summed E-state index contributed by atoms with van der Waals surface area (Å²) < 4.78 is 0. The Balaban J connectivity index is 1.97. The summed E-state index contributed by atoms with van der Waals surface area (Å²) in [4.78, 5) is 11.6. The van der Waals surface area contributed by atoms with E-state index in [0.717, 1.165) is 11.1 Å². The molecule has 88 valence electrons. The van der Waals surface area contributed by atoms with E-state index in [1.807, 2.05) is 72.8 Å². The van der Waals surface area contributed by atoms with Crippen LogP contribution in [0.4, 0.5) is 0 Å². The van der Waals surface area contributed by atoms with Crippen LogP contribution in [-0.4, -0.2) is 5.78 Å². The van der Waals surface area contributed by atoms with E-state index in [1.165, 1.54) is 0 Å². The van der Waals surface area contributed by atoms with Crippen molar-refractivity contribution in [2.75, 3.05) is 0 Å². The van der Waals surface area contributed by atoms with E-state index in [-0.39, 0.29) is 5.78 Å². The maximum Gasteiger partial charge on any atom is 0.178 e. The lowest BCUT2D eigenvalue weighted by atomic mass is 10.1. The maximum atomic E-state index is 11.6. The number of ketones is 1. The summed E-state index contributed by atoms with van der Waals surface area (Å²) in [5.74, 6) is -0.0114. The number of hydrogen-bond donors (Lipinski definition) is 0. The van der Waals surface area contributed by atoms with Gasteiger partial charge in [0.05, 0.1) is 0 Å². The van der Waals surface area contributed by atoms with Crippen molar-refractivity contribution in [3.63, 3.8) is 0 Å². The average molecular weight is 234 g/mol. The second-order valence-corrected chi connectivity index (χ2v) is 3.89. The smallest absolute Gasteiger partial charge is 0.178 e. The summed E-state index contributed by atoms with van der Waals surface area (Å²) in [6.45, 7) is 0. The Bertz CT molecular complexity index is 499. The molecule has 0 saturated carbocycles. The Morgan fingerprint density at radius 2 is 1.06 bits per heavy atom. The highest BCUT2D eigenvalue weighted by Gasteiger charge is 1.90. The summed E-state index contributed by atoms with van der Waals surface area (Å²) in [6, 6.07) is 19.6. The number of hydrogen-bond acceptors (Lipinski definition) is 1. The number of allylic oxidation sites excluding steroid dienone is 2. The molecule has 0 atom stereocenters. The molecule has 0 radical (unpaired) electrons. The van der Waals surface area contributed by atoms with Crippen LogP contribution in [0.2, 0.25) is 0 Å². The Labute approximate surface area is 107 Å². The van der Waals surface area contributed by atoms with Gasteiger partial charge in [-0.3, -0.25) is 4.79 Å². The van der Waals surface area contributed by atoms with Crippen molar-refractivity contribution < 1.29 is 4.79 Å². The summed E-state index contributed by atoms with van der Waals surface area (Å²) in [5.41, 5.74) is 2.05. The molecule has 1 heteroatoms. The van der Waals surface area contributed by atoms with Gasteiger partial charge in [0.25, 0.3) is 0 Å². The molecule has 1 nitrogen and oxygen atoms in total. The molecule has 0 unspecified atom stereocenters. The van der Waals surface area contributed by atoms with Gasteiger partial charge in [-0.25, -0.2) is 0 Å². The zero-order valence-corrected chi connectivity index (χ0v) is 9.99. The van der Waals surface area contributed by atoms with Crippen molar-refractivity contribution >= 4 is 17.9 Å². The van der Waals surface area contributed by atoms with Crippen molar-refractivity contribution in [3.8, 4) is 0 Å². The van der Waals surface area contributed by atoms with Crippen molar-refractivity contribution in [3.05, 3.63) is 83.9 Å². The molecule has 0 saturated heterocycles. The van der Waals surface area contributed by atoms with Gasteiger partial charge in [-0.1, -0.05) is 72.8 Å². The lowest BCUT2D eigenvalue weighted by molar-refractivity contribution is -0.110. The Hall–Kier alpha value is -2.41. The third-order valence-electron chi connectivity index (χ3n) is 2.48. The van der Waals surface area contributed by atoms with Crippen LogP contribution in [0.3, 0.4) is 0 Å². The van der Waals surface area contributed by atoms with Crippen LogP contribution >= 0.6 is 0 Å². The van der Waals surface area contributed by atoms with Crippen molar-refractivity contribution in [1.82, 2.24) is 0 Å². The van der Waals surface area contributed by atoms with E-state index >= 15 is 0 Å². The largest absolute Gasteiger partial charge is 0.290 e. The minimum Gasteiger partial charge on any atom is -0.290 e. The summed E-state index contributed by atoms with van der Waals surface area (Å²) in [6.07, 6.45) is 6.79. The molecular weight excluding hydrogens is 220 g/mol. The molecular formula is C17H14O. The highest BCUT2D eigenvalue weighted by molar-refractivity contribution is 6.04. The zero-order valence-electron chi connectivity index (χ0n) is 9.99. The minimum absolute atomic E-state index is 0.0114. The van der Waals surface area contributed by atoms with E-state index in [9.17, 15) is 4.79 Å². The fraction of sp³-hybridized carbons (Fsp3) is 0. The summed E-state index contributed by atoms with van der Waals surface area (Å²) in [7, 11) is 0. The van der Waals surface area contributed by atoms with E-state index < -0.39 is 0 Å². The molecule has 0 spiro atoms. The van der Waals surface area contributed by atoms with Gasteiger partial charge in [0.2, 0.25) is 0 Å². The Morgan fingerprint density at radius 1 is 0.667 bits per heavy atom. The molecule has 0 aliphatic heterocycles. The van der Waals surface area contributed by atoms with Gasteiger partial charge in [-0.2, -0.15) is 0 Å². The van der Waals surface area contributed by atoms with Crippen LogP contribution in [0.15, 0.2) is 72.8 Å². The van der Waals surface area contributed by atoms with Gasteiger partial charge in [-0.15, -0.1) is 0 Å². The topological polar surface area (TPSA) is 17.1 Å². The van der Waals surface area contributed by atoms with E-state index in [2.05, 4.69) is 0 Å². The molecule has 0 heterocycles. The van der Waals surface area contributed by atoms with Crippen LogP contribution < -0.4 is 0 Å². The minimum atomic E-state index is -0.0114.